The first kappa shape index (κ1) is 31.5. The Morgan fingerprint density at radius 1 is 1.09 bits per heavy atom. The molecule has 9 nitrogen and oxygen atoms in total. The molecule has 1 aliphatic carbocycles. The van der Waals surface area contributed by atoms with Gasteiger partial charge in [-0.3, -0.25) is 4.72 Å². The number of rotatable bonds is 9. The topological polar surface area (TPSA) is 117 Å². The Morgan fingerprint density at radius 3 is 2.62 bits per heavy atom. The van der Waals surface area contributed by atoms with E-state index in [2.05, 4.69) is 24.9 Å². The average Bonchev–Trinajstić information content (AvgIpc) is 3.38. The van der Waals surface area contributed by atoms with Crippen molar-refractivity contribution in [2.45, 2.75) is 42.7 Å². The normalized spacial score (nSPS) is 17.5. The second-order valence-corrected chi connectivity index (χ2v) is 13.3. The van der Waals surface area contributed by atoms with Crippen LogP contribution >= 0.6 is 11.6 Å². The van der Waals surface area contributed by atoms with Crippen LogP contribution in [0.1, 0.15) is 36.5 Å². The summed E-state index contributed by atoms with van der Waals surface area (Å²) in [4.78, 5) is 10.8. The molecule has 1 aromatic heterocycles. The highest BCUT2D eigenvalue weighted by Gasteiger charge is 2.31. The number of ether oxygens (including phenoxy) is 1. The van der Waals surface area contributed by atoms with Crippen molar-refractivity contribution in [3.63, 3.8) is 0 Å². The molecule has 0 spiro atoms. The zero-order valence-electron chi connectivity index (χ0n) is 24.3. The predicted molar refractivity (Wildman–Crippen MR) is 165 cm³/mol. The van der Waals surface area contributed by atoms with Crippen molar-refractivity contribution in [1.82, 2.24) is 14.9 Å². The number of aliphatic hydroxyl groups excluding tert-OH is 1. The van der Waals surface area contributed by atoms with Crippen LogP contribution in [0.3, 0.4) is 0 Å². The molecule has 1 fully saturated rings. The SMILES string of the molecule is COCCN1CCC(Nc2ncc3c(F)c(-c4c(F)ccc(NS(=O)(=O)c5cc(Cl)cc6c5CC[C@H]6O)c4F)ccc3n2)CC1. The van der Waals surface area contributed by atoms with E-state index in [1.807, 2.05) is 0 Å². The predicted octanol–water partition coefficient (Wildman–Crippen LogP) is 5.67. The fourth-order valence-corrected chi connectivity index (χ4v) is 7.66. The summed E-state index contributed by atoms with van der Waals surface area (Å²) >= 11 is 6.12. The Kier molecular flexibility index (Phi) is 8.90. The number of piperidine rings is 1. The monoisotopic (exact) mass is 661 g/mol. The molecule has 0 amide bonds. The molecular formula is C31H31ClF3N5O4S. The molecule has 0 bridgehead atoms. The lowest BCUT2D eigenvalue weighted by atomic mass is 10.0. The number of hydrogen-bond acceptors (Lipinski definition) is 8. The Morgan fingerprint density at radius 2 is 1.87 bits per heavy atom. The van der Waals surface area contributed by atoms with Gasteiger partial charge in [-0.15, -0.1) is 0 Å². The summed E-state index contributed by atoms with van der Waals surface area (Å²) in [6, 6.07) is 7.25. The molecule has 238 valence electrons. The van der Waals surface area contributed by atoms with E-state index in [-0.39, 0.29) is 33.3 Å². The number of aromatic nitrogens is 2. The van der Waals surface area contributed by atoms with Gasteiger partial charge < -0.3 is 20.1 Å². The molecule has 2 heterocycles. The number of benzene rings is 3. The Labute approximate surface area is 263 Å². The number of halogens is 4. The van der Waals surface area contributed by atoms with Crippen molar-refractivity contribution >= 4 is 44.2 Å². The largest absolute Gasteiger partial charge is 0.388 e. The highest BCUT2D eigenvalue weighted by Crippen LogP contribution is 2.39. The van der Waals surface area contributed by atoms with E-state index in [9.17, 15) is 13.5 Å². The van der Waals surface area contributed by atoms with E-state index < -0.39 is 50.4 Å². The quantitative estimate of drug-likeness (QED) is 0.210. The van der Waals surface area contributed by atoms with Crippen molar-refractivity contribution < 1.29 is 31.4 Å². The van der Waals surface area contributed by atoms with Crippen LogP contribution < -0.4 is 10.0 Å². The van der Waals surface area contributed by atoms with Crippen LogP contribution in [-0.4, -0.2) is 67.8 Å². The van der Waals surface area contributed by atoms with Gasteiger partial charge in [0.05, 0.1) is 39.8 Å². The average molecular weight is 662 g/mol. The molecule has 1 aliphatic heterocycles. The van der Waals surface area contributed by atoms with Gasteiger partial charge in [0.1, 0.15) is 11.6 Å². The summed E-state index contributed by atoms with van der Waals surface area (Å²) in [6.07, 6.45) is 2.71. The van der Waals surface area contributed by atoms with E-state index in [0.717, 1.165) is 44.6 Å². The first-order valence-electron chi connectivity index (χ1n) is 14.5. The standard InChI is InChI=1S/C31H31ClF3N5O4S/c1-44-13-12-40-10-8-18(9-11-40)37-31-36-16-22-24(38-31)5-2-20(29(22)34)28-23(33)4-6-25(30(28)35)39-45(42,43)27-15-17(32)14-21-19(27)3-7-26(21)41/h2,4-6,14-16,18,26,39,41H,3,7-13H2,1H3,(H,36,37,38)/t26-/m1/s1. The van der Waals surface area contributed by atoms with Gasteiger partial charge in [0.2, 0.25) is 5.95 Å². The number of anilines is 2. The van der Waals surface area contributed by atoms with Gasteiger partial charge in [-0.25, -0.2) is 31.6 Å². The minimum absolute atomic E-state index is 0.0507. The molecule has 1 atom stereocenters. The third kappa shape index (κ3) is 6.32. The maximum absolute atomic E-state index is 15.8. The van der Waals surface area contributed by atoms with Gasteiger partial charge in [-0.2, -0.15) is 0 Å². The molecule has 2 aliphatic rings. The molecular weight excluding hydrogens is 631 g/mol. The van der Waals surface area contributed by atoms with E-state index in [1.165, 1.54) is 30.5 Å². The van der Waals surface area contributed by atoms with Crippen LogP contribution in [0.5, 0.6) is 0 Å². The molecule has 1 saturated heterocycles. The summed E-state index contributed by atoms with van der Waals surface area (Å²) in [5.74, 6) is -3.02. The summed E-state index contributed by atoms with van der Waals surface area (Å²) < 4.78 is 80.7. The number of aliphatic hydroxyl groups is 1. The number of nitrogens with one attached hydrogen (secondary N) is 2. The first-order chi connectivity index (χ1) is 21.6. The number of methoxy groups -OCH3 is 1. The van der Waals surface area contributed by atoms with E-state index in [0.29, 0.717) is 30.1 Å². The summed E-state index contributed by atoms with van der Waals surface area (Å²) in [5.41, 5.74) is -0.764. The number of fused-ring (bicyclic) bond motifs is 2. The molecule has 0 unspecified atom stereocenters. The number of sulfonamides is 1. The highest BCUT2D eigenvalue weighted by molar-refractivity contribution is 7.92. The van der Waals surface area contributed by atoms with Crippen LogP contribution in [0.15, 0.2) is 47.5 Å². The summed E-state index contributed by atoms with van der Waals surface area (Å²) in [6.45, 7) is 3.32. The van der Waals surface area contributed by atoms with E-state index in [1.54, 1.807) is 7.11 Å². The van der Waals surface area contributed by atoms with Gasteiger partial charge in [-0.1, -0.05) is 11.6 Å². The van der Waals surface area contributed by atoms with Gasteiger partial charge >= 0.3 is 0 Å². The molecule has 4 aromatic rings. The fourth-order valence-electron chi connectivity index (χ4n) is 5.99. The Hall–Kier alpha value is -3.49. The van der Waals surface area contributed by atoms with Crippen LogP contribution in [0.4, 0.5) is 24.8 Å². The van der Waals surface area contributed by atoms with Crippen LogP contribution in [0, 0.1) is 17.5 Å². The zero-order valence-corrected chi connectivity index (χ0v) is 25.9. The fraction of sp³-hybridized carbons (Fsp3) is 0.355. The van der Waals surface area contributed by atoms with Crippen molar-refractivity contribution in [3.05, 3.63) is 76.2 Å². The van der Waals surface area contributed by atoms with Crippen LogP contribution in [0.25, 0.3) is 22.0 Å². The van der Waals surface area contributed by atoms with Crippen molar-refractivity contribution in [3.8, 4) is 11.1 Å². The number of hydrogen-bond donors (Lipinski definition) is 3. The molecule has 3 N–H and O–H groups in total. The molecule has 3 aromatic carbocycles. The molecule has 14 heteroatoms. The van der Waals surface area contributed by atoms with Crippen LogP contribution in [0.2, 0.25) is 5.02 Å². The first-order valence-corrected chi connectivity index (χ1v) is 16.4. The maximum Gasteiger partial charge on any atom is 0.262 e. The third-order valence-electron chi connectivity index (χ3n) is 8.36. The lowest BCUT2D eigenvalue weighted by Gasteiger charge is -2.32. The molecule has 45 heavy (non-hydrogen) atoms. The van der Waals surface area contributed by atoms with Crippen molar-refractivity contribution in [2.75, 3.05) is 43.4 Å². The molecule has 0 radical (unpaired) electrons. The van der Waals surface area contributed by atoms with Gasteiger partial charge in [0, 0.05) is 49.6 Å². The van der Waals surface area contributed by atoms with Crippen molar-refractivity contribution in [2.24, 2.45) is 0 Å². The van der Waals surface area contributed by atoms with E-state index in [4.69, 9.17) is 16.3 Å². The zero-order chi connectivity index (χ0) is 31.9. The van der Waals surface area contributed by atoms with E-state index >= 15 is 13.2 Å². The highest BCUT2D eigenvalue weighted by atomic mass is 35.5. The number of likely N-dealkylation sites (tertiary alicyclic amines) is 1. The summed E-state index contributed by atoms with van der Waals surface area (Å²) in [5, 5.41) is 13.5. The van der Waals surface area contributed by atoms with Gasteiger partial charge in [0.15, 0.2) is 5.82 Å². The Bertz CT molecular complexity index is 1870. The smallest absolute Gasteiger partial charge is 0.262 e. The lowest BCUT2D eigenvalue weighted by molar-refractivity contribution is 0.132. The molecule has 0 saturated carbocycles. The Balaban J connectivity index is 1.26. The third-order valence-corrected chi connectivity index (χ3v) is 10.0. The second-order valence-electron chi connectivity index (χ2n) is 11.2. The molecule has 6 rings (SSSR count). The second kappa shape index (κ2) is 12.7. The van der Waals surface area contributed by atoms with Crippen molar-refractivity contribution in [1.29, 1.82) is 0 Å². The van der Waals surface area contributed by atoms with Gasteiger partial charge in [0.25, 0.3) is 10.0 Å². The number of nitrogens with zero attached hydrogens (tertiary/aromatic N) is 3. The van der Waals surface area contributed by atoms with Gasteiger partial charge in [-0.05, 0) is 73.2 Å². The minimum Gasteiger partial charge on any atom is -0.388 e. The van der Waals surface area contributed by atoms with Crippen LogP contribution in [-0.2, 0) is 21.2 Å². The summed E-state index contributed by atoms with van der Waals surface area (Å²) in [7, 11) is -2.75. The minimum atomic E-state index is -4.43. The maximum atomic E-state index is 15.8. The lowest BCUT2D eigenvalue weighted by Crippen LogP contribution is -2.40.